The van der Waals surface area contributed by atoms with E-state index in [1.165, 1.54) is 11.1 Å². The Labute approximate surface area is 92.4 Å². The van der Waals surface area contributed by atoms with Gasteiger partial charge in [0.05, 0.1) is 0 Å². The molecule has 0 aliphatic carbocycles. The lowest BCUT2D eigenvalue weighted by atomic mass is 9.99. The lowest BCUT2D eigenvalue weighted by Crippen LogP contribution is -2.27. The summed E-state index contributed by atoms with van der Waals surface area (Å²) < 4.78 is 0. The standard InChI is InChI=1S/C13H20N2/c1-4-11(2)9-13(14-3)10-12-5-7-15-8-6-12/h5-8,13-14H,2,4,9-10H2,1,3H3. The van der Waals surface area contributed by atoms with Gasteiger partial charge in [0.2, 0.25) is 0 Å². The number of aromatic nitrogens is 1. The molecule has 0 spiro atoms. The molecule has 1 aromatic heterocycles. The van der Waals surface area contributed by atoms with Crippen LogP contribution in [-0.2, 0) is 6.42 Å². The summed E-state index contributed by atoms with van der Waals surface area (Å²) >= 11 is 0. The van der Waals surface area contributed by atoms with Crippen LogP contribution >= 0.6 is 0 Å². The van der Waals surface area contributed by atoms with Crippen molar-refractivity contribution in [3.8, 4) is 0 Å². The van der Waals surface area contributed by atoms with Gasteiger partial charge in [-0.15, -0.1) is 0 Å². The summed E-state index contributed by atoms with van der Waals surface area (Å²) in [6.07, 6.45) is 6.84. The van der Waals surface area contributed by atoms with Gasteiger partial charge in [0, 0.05) is 18.4 Å². The summed E-state index contributed by atoms with van der Waals surface area (Å²) in [6, 6.07) is 4.62. The fourth-order valence-electron chi connectivity index (χ4n) is 1.57. The molecule has 0 saturated heterocycles. The third kappa shape index (κ3) is 4.26. The minimum Gasteiger partial charge on any atom is -0.316 e. The van der Waals surface area contributed by atoms with Crippen LogP contribution in [0.4, 0.5) is 0 Å². The summed E-state index contributed by atoms with van der Waals surface area (Å²) in [6.45, 7) is 6.20. The van der Waals surface area contributed by atoms with Crippen molar-refractivity contribution >= 4 is 0 Å². The van der Waals surface area contributed by atoms with E-state index in [0.717, 1.165) is 19.3 Å². The van der Waals surface area contributed by atoms with Crippen LogP contribution < -0.4 is 5.32 Å². The smallest absolute Gasteiger partial charge is 0.0270 e. The second-order valence-electron chi connectivity index (χ2n) is 3.85. The summed E-state index contributed by atoms with van der Waals surface area (Å²) in [5.41, 5.74) is 2.64. The zero-order chi connectivity index (χ0) is 11.1. The Morgan fingerprint density at radius 3 is 2.67 bits per heavy atom. The van der Waals surface area contributed by atoms with Gasteiger partial charge in [-0.2, -0.15) is 0 Å². The molecule has 0 bridgehead atoms. The quantitative estimate of drug-likeness (QED) is 0.720. The minimum atomic E-state index is 0.486. The van der Waals surface area contributed by atoms with Crippen LogP contribution in [0.5, 0.6) is 0 Å². The van der Waals surface area contributed by atoms with E-state index in [-0.39, 0.29) is 0 Å². The molecule has 82 valence electrons. The summed E-state index contributed by atoms with van der Waals surface area (Å²) in [5.74, 6) is 0. The highest BCUT2D eigenvalue weighted by Crippen LogP contribution is 2.11. The molecule has 2 heteroatoms. The Morgan fingerprint density at radius 1 is 1.47 bits per heavy atom. The molecular weight excluding hydrogens is 184 g/mol. The van der Waals surface area contributed by atoms with E-state index in [0.29, 0.717) is 6.04 Å². The molecule has 0 aliphatic rings. The second kappa shape index (κ2) is 6.36. The third-order valence-corrected chi connectivity index (χ3v) is 2.67. The van der Waals surface area contributed by atoms with E-state index in [2.05, 4.69) is 35.9 Å². The zero-order valence-corrected chi connectivity index (χ0v) is 9.66. The number of hydrogen-bond donors (Lipinski definition) is 1. The topological polar surface area (TPSA) is 24.9 Å². The first kappa shape index (κ1) is 11.9. The highest BCUT2D eigenvalue weighted by molar-refractivity contribution is 5.12. The Bertz CT molecular complexity index is 293. The van der Waals surface area contributed by atoms with Crippen molar-refractivity contribution in [3.63, 3.8) is 0 Å². The maximum atomic E-state index is 4.05. The molecule has 0 fully saturated rings. The Morgan fingerprint density at radius 2 is 2.13 bits per heavy atom. The third-order valence-electron chi connectivity index (χ3n) is 2.67. The van der Waals surface area contributed by atoms with Crippen molar-refractivity contribution in [1.29, 1.82) is 0 Å². The number of rotatable bonds is 6. The Hall–Kier alpha value is -1.15. The van der Waals surface area contributed by atoms with Crippen LogP contribution in [-0.4, -0.2) is 18.1 Å². The molecule has 2 nitrogen and oxygen atoms in total. The predicted octanol–water partition coefficient (Wildman–Crippen LogP) is 2.57. The summed E-state index contributed by atoms with van der Waals surface area (Å²) in [5, 5.41) is 3.33. The van der Waals surface area contributed by atoms with E-state index >= 15 is 0 Å². The second-order valence-corrected chi connectivity index (χ2v) is 3.85. The van der Waals surface area contributed by atoms with Gasteiger partial charge < -0.3 is 5.32 Å². The molecule has 1 aromatic rings. The van der Waals surface area contributed by atoms with E-state index in [4.69, 9.17) is 0 Å². The van der Waals surface area contributed by atoms with Crippen molar-refractivity contribution in [2.75, 3.05) is 7.05 Å². The predicted molar refractivity (Wildman–Crippen MR) is 64.8 cm³/mol. The number of hydrogen-bond acceptors (Lipinski definition) is 2. The van der Waals surface area contributed by atoms with Crippen LogP contribution in [0.1, 0.15) is 25.3 Å². The molecule has 1 unspecified atom stereocenters. The van der Waals surface area contributed by atoms with Crippen LogP contribution in [0.3, 0.4) is 0 Å². The number of nitrogens with zero attached hydrogens (tertiary/aromatic N) is 1. The van der Waals surface area contributed by atoms with Crippen LogP contribution in [0.2, 0.25) is 0 Å². The van der Waals surface area contributed by atoms with E-state index in [1.54, 1.807) is 0 Å². The molecule has 1 rings (SSSR count). The highest BCUT2D eigenvalue weighted by atomic mass is 14.9. The van der Waals surface area contributed by atoms with Gasteiger partial charge in [-0.3, -0.25) is 4.98 Å². The molecule has 15 heavy (non-hydrogen) atoms. The molecule has 0 aliphatic heterocycles. The molecule has 0 amide bonds. The molecule has 0 aromatic carbocycles. The lowest BCUT2D eigenvalue weighted by Gasteiger charge is -2.16. The first-order valence-electron chi connectivity index (χ1n) is 5.49. The fraction of sp³-hybridized carbons (Fsp3) is 0.462. The average Bonchev–Trinajstić information content (AvgIpc) is 2.29. The van der Waals surface area contributed by atoms with Gasteiger partial charge in [-0.05, 0) is 44.0 Å². The number of likely N-dealkylation sites (N-methyl/N-ethyl adjacent to an activating group) is 1. The number of pyridine rings is 1. The van der Waals surface area contributed by atoms with Gasteiger partial charge in [-0.25, -0.2) is 0 Å². The van der Waals surface area contributed by atoms with E-state index in [9.17, 15) is 0 Å². The Kier molecular flexibility index (Phi) is 5.05. The normalized spacial score (nSPS) is 12.4. The van der Waals surface area contributed by atoms with Gasteiger partial charge in [0.1, 0.15) is 0 Å². The van der Waals surface area contributed by atoms with Gasteiger partial charge >= 0.3 is 0 Å². The monoisotopic (exact) mass is 204 g/mol. The van der Waals surface area contributed by atoms with Crippen molar-refractivity contribution in [1.82, 2.24) is 10.3 Å². The largest absolute Gasteiger partial charge is 0.316 e. The summed E-state index contributed by atoms with van der Waals surface area (Å²) in [7, 11) is 2.01. The van der Waals surface area contributed by atoms with Gasteiger partial charge in [0.25, 0.3) is 0 Å². The molecule has 1 N–H and O–H groups in total. The number of nitrogens with one attached hydrogen (secondary N) is 1. The molecule has 0 saturated carbocycles. The van der Waals surface area contributed by atoms with Crippen LogP contribution in [0.15, 0.2) is 36.7 Å². The average molecular weight is 204 g/mol. The van der Waals surface area contributed by atoms with Gasteiger partial charge in [-0.1, -0.05) is 19.1 Å². The van der Waals surface area contributed by atoms with Crippen molar-refractivity contribution in [3.05, 3.63) is 42.2 Å². The van der Waals surface area contributed by atoms with Crippen LogP contribution in [0.25, 0.3) is 0 Å². The molecule has 1 heterocycles. The highest BCUT2D eigenvalue weighted by Gasteiger charge is 2.07. The SMILES string of the molecule is C=C(CC)CC(Cc1ccncc1)NC. The van der Waals surface area contributed by atoms with Crippen LogP contribution in [0, 0.1) is 0 Å². The van der Waals surface area contributed by atoms with Crippen molar-refractivity contribution in [2.24, 2.45) is 0 Å². The maximum Gasteiger partial charge on any atom is 0.0270 e. The molecule has 1 atom stereocenters. The Balaban J connectivity index is 2.50. The van der Waals surface area contributed by atoms with Crippen molar-refractivity contribution < 1.29 is 0 Å². The van der Waals surface area contributed by atoms with Gasteiger partial charge in [0.15, 0.2) is 0 Å². The fourth-order valence-corrected chi connectivity index (χ4v) is 1.57. The molecule has 0 radical (unpaired) electrons. The summed E-state index contributed by atoms with van der Waals surface area (Å²) in [4.78, 5) is 4.02. The van der Waals surface area contributed by atoms with E-state index < -0.39 is 0 Å². The zero-order valence-electron chi connectivity index (χ0n) is 9.66. The first-order chi connectivity index (χ1) is 7.26. The maximum absolute atomic E-state index is 4.05. The van der Waals surface area contributed by atoms with Crippen molar-refractivity contribution in [2.45, 2.75) is 32.2 Å². The minimum absolute atomic E-state index is 0.486. The molecular formula is C13H20N2. The lowest BCUT2D eigenvalue weighted by molar-refractivity contribution is 0.549. The van der Waals surface area contributed by atoms with E-state index in [1.807, 2.05) is 19.4 Å². The first-order valence-corrected chi connectivity index (χ1v) is 5.49.